The molecule has 1 aliphatic rings. The molecule has 1 aliphatic heterocycles. The molecule has 2 N–H and O–H groups in total. The van der Waals surface area contributed by atoms with Crippen LogP contribution in [0.2, 0.25) is 0 Å². The van der Waals surface area contributed by atoms with Gasteiger partial charge in [-0.1, -0.05) is 0 Å². The second-order valence-electron chi connectivity index (χ2n) is 3.92. The third-order valence-electron chi connectivity index (χ3n) is 2.34. The van der Waals surface area contributed by atoms with Crippen molar-refractivity contribution in [3.63, 3.8) is 0 Å². The maximum Gasteiger partial charge on any atom is 0.413 e. The highest BCUT2D eigenvalue weighted by molar-refractivity contribution is 5.87. The summed E-state index contributed by atoms with van der Waals surface area (Å²) in [7, 11) is 0. The van der Waals surface area contributed by atoms with Crippen LogP contribution in [-0.2, 0) is 16.9 Å². The van der Waals surface area contributed by atoms with Crippen molar-refractivity contribution in [3.8, 4) is 0 Å². The molecule has 0 saturated heterocycles. The fourth-order valence-electron chi connectivity index (χ4n) is 1.56. The van der Waals surface area contributed by atoms with E-state index in [1.165, 1.54) is 6.20 Å². The van der Waals surface area contributed by atoms with Crippen LogP contribution in [0.1, 0.15) is 25.0 Å². The van der Waals surface area contributed by atoms with Gasteiger partial charge in [0.1, 0.15) is 11.4 Å². The van der Waals surface area contributed by atoms with E-state index in [1.54, 1.807) is 19.9 Å². The van der Waals surface area contributed by atoms with Gasteiger partial charge in [-0.3, -0.25) is 5.32 Å². The number of aliphatic hydroxyl groups excluding tert-OH is 1. The number of amides is 1. The SMILES string of the molecule is CC1(C)OC(=O)Nc2ncc(CO)cc21. The minimum atomic E-state index is -0.712. The first kappa shape index (κ1) is 9.92. The van der Waals surface area contributed by atoms with Gasteiger partial charge in [-0.25, -0.2) is 9.78 Å². The van der Waals surface area contributed by atoms with Crippen molar-refractivity contribution in [1.29, 1.82) is 0 Å². The van der Waals surface area contributed by atoms with E-state index in [0.29, 0.717) is 11.4 Å². The molecular weight excluding hydrogens is 196 g/mol. The lowest BCUT2D eigenvalue weighted by molar-refractivity contribution is 0.0414. The number of hydrogen-bond acceptors (Lipinski definition) is 4. The van der Waals surface area contributed by atoms with Crippen LogP contribution in [0.25, 0.3) is 0 Å². The van der Waals surface area contributed by atoms with Gasteiger partial charge < -0.3 is 9.84 Å². The molecule has 0 aromatic carbocycles. The minimum absolute atomic E-state index is 0.0791. The Morgan fingerprint density at radius 2 is 2.33 bits per heavy atom. The van der Waals surface area contributed by atoms with Gasteiger partial charge in [0.2, 0.25) is 0 Å². The number of ether oxygens (including phenoxy) is 1. The first-order chi connectivity index (χ1) is 7.03. The quantitative estimate of drug-likeness (QED) is 0.731. The van der Waals surface area contributed by atoms with Crippen molar-refractivity contribution < 1.29 is 14.6 Å². The molecular formula is C10H12N2O3. The number of fused-ring (bicyclic) bond motifs is 1. The lowest BCUT2D eigenvalue weighted by atomic mass is 9.96. The summed E-state index contributed by atoms with van der Waals surface area (Å²) >= 11 is 0. The van der Waals surface area contributed by atoms with Gasteiger partial charge in [0.05, 0.1) is 6.61 Å². The normalized spacial score (nSPS) is 17.7. The van der Waals surface area contributed by atoms with Gasteiger partial charge in [-0.2, -0.15) is 0 Å². The molecule has 2 rings (SSSR count). The van der Waals surface area contributed by atoms with Crippen LogP contribution in [0.5, 0.6) is 0 Å². The average Bonchev–Trinajstić information content (AvgIpc) is 2.16. The molecule has 2 heterocycles. The van der Waals surface area contributed by atoms with E-state index in [1.807, 2.05) is 0 Å². The largest absolute Gasteiger partial charge is 0.438 e. The highest BCUT2D eigenvalue weighted by Gasteiger charge is 2.34. The lowest BCUT2D eigenvalue weighted by Crippen LogP contribution is -2.35. The second-order valence-corrected chi connectivity index (χ2v) is 3.92. The highest BCUT2D eigenvalue weighted by atomic mass is 16.6. The van der Waals surface area contributed by atoms with E-state index < -0.39 is 11.7 Å². The zero-order valence-corrected chi connectivity index (χ0v) is 8.57. The maximum atomic E-state index is 11.2. The summed E-state index contributed by atoms with van der Waals surface area (Å²) in [4.78, 5) is 15.2. The Bertz CT molecular complexity index is 415. The van der Waals surface area contributed by atoms with Gasteiger partial charge in [-0.15, -0.1) is 0 Å². The average molecular weight is 208 g/mol. The molecule has 1 aromatic rings. The summed E-state index contributed by atoms with van der Waals surface area (Å²) in [5.74, 6) is 0.494. The van der Waals surface area contributed by atoms with Crippen LogP contribution in [0.3, 0.4) is 0 Å². The summed E-state index contributed by atoms with van der Waals surface area (Å²) in [5.41, 5.74) is 0.755. The Balaban J connectivity index is 2.53. The van der Waals surface area contributed by atoms with E-state index in [2.05, 4.69) is 10.3 Å². The number of anilines is 1. The molecule has 0 bridgehead atoms. The Labute approximate surface area is 87.1 Å². The van der Waals surface area contributed by atoms with E-state index in [4.69, 9.17) is 9.84 Å². The van der Waals surface area contributed by atoms with E-state index in [-0.39, 0.29) is 6.61 Å². The van der Waals surface area contributed by atoms with E-state index >= 15 is 0 Å². The van der Waals surface area contributed by atoms with Crippen molar-refractivity contribution >= 4 is 11.9 Å². The summed E-state index contributed by atoms with van der Waals surface area (Å²) < 4.78 is 5.13. The summed E-state index contributed by atoms with van der Waals surface area (Å²) in [6, 6.07) is 1.78. The number of nitrogens with zero attached hydrogens (tertiary/aromatic N) is 1. The molecule has 15 heavy (non-hydrogen) atoms. The molecule has 0 aliphatic carbocycles. The van der Waals surface area contributed by atoms with Crippen molar-refractivity contribution in [3.05, 3.63) is 23.4 Å². The number of rotatable bonds is 1. The van der Waals surface area contributed by atoms with Crippen LogP contribution in [0.15, 0.2) is 12.3 Å². The van der Waals surface area contributed by atoms with Crippen LogP contribution >= 0.6 is 0 Å². The zero-order valence-electron chi connectivity index (χ0n) is 8.57. The van der Waals surface area contributed by atoms with Crippen LogP contribution in [-0.4, -0.2) is 16.2 Å². The molecule has 80 valence electrons. The third-order valence-corrected chi connectivity index (χ3v) is 2.34. The van der Waals surface area contributed by atoms with Gasteiger partial charge in [0, 0.05) is 11.8 Å². The van der Waals surface area contributed by atoms with E-state index in [9.17, 15) is 4.79 Å². The molecule has 0 spiro atoms. The third kappa shape index (κ3) is 1.66. The van der Waals surface area contributed by atoms with Crippen LogP contribution in [0, 0.1) is 0 Å². The number of pyridine rings is 1. The number of cyclic esters (lactones) is 1. The van der Waals surface area contributed by atoms with Crippen molar-refractivity contribution in [2.45, 2.75) is 26.1 Å². The van der Waals surface area contributed by atoms with Crippen LogP contribution < -0.4 is 5.32 Å². The van der Waals surface area contributed by atoms with E-state index in [0.717, 1.165) is 5.56 Å². The Kier molecular flexibility index (Phi) is 2.12. The molecule has 0 fully saturated rings. The Morgan fingerprint density at radius 1 is 1.60 bits per heavy atom. The number of carbonyl (C=O) groups excluding carboxylic acids is 1. The monoisotopic (exact) mass is 208 g/mol. The van der Waals surface area contributed by atoms with Gasteiger partial charge in [0.15, 0.2) is 0 Å². The fraction of sp³-hybridized carbons (Fsp3) is 0.400. The van der Waals surface area contributed by atoms with Gasteiger partial charge in [-0.05, 0) is 25.5 Å². The smallest absolute Gasteiger partial charge is 0.413 e. The Hall–Kier alpha value is -1.62. The molecule has 0 saturated carbocycles. The standard InChI is InChI=1S/C10H12N2O3/c1-10(2)7-3-6(5-13)4-11-8(7)12-9(14)15-10/h3-4,13H,5H2,1-2H3,(H,11,12,14). The first-order valence-corrected chi connectivity index (χ1v) is 4.63. The molecule has 0 unspecified atom stereocenters. The van der Waals surface area contributed by atoms with Gasteiger partial charge >= 0.3 is 6.09 Å². The number of aromatic nitrogens is 1. The summed E-state index contributed by atoms with van der Waals surface area (Å²) in [5, 5.41) is 11.5. The molecule has 0 radical (unpaired) electrons. The number of aliphatic hydroxyl groups is 1. The fourth-order valence-corrected chi connectivity index (χ4v) is 1.56. The predicted molar refractivity (Wildman–Crippen MR) is 53.3 cm³/mol. The predicted octanol–water partition coefficient (Wildman–Crippen LogP) is 1.37. The number of nitrogens with one attached hydrogen (secondary N) is 1. The Morgan fingerprint density at radius 3 is 3.00 bits per heavy atom. The van der Waals surface area contributed by atoms with Crippen LogP contribution in [0.4, 0.5) is 10.6 Å². The minimum Gasteiger partial charge on any atom is -0.438 e. The highest BCUT2D eigenvalue weighted by Crippen LogP contribution is 2.34. The van der Waals surface area contributed by atoms with Gasteiger partial charge in [0.25, 0.3) is 0 Å². The maximum absolute atomic E-state index is 11.2. The first-order valence-electron chi connectivity index (χ1n) is 4.63. The summed E-state index contributed by atoms with van der Waals surface area (Å²) in [6.45, 7) is 3.49. The molecule has 1 amide bonds. The molecule has 0 atom stereocenters. The number of hydrogen-bond donors (Lipinski definition) is 2. The zero-order chi connectivity index (χ0) is 11.1. The summed E-state index contributed by atoms with van der Waals surface area (Å²) in [6.07, 6.45) is 1.03. The number of carbonyl (C=O) groups is 1. The topological polar surface area (TPSA) is 71.5 Å². The molecule has 5 nitrogen and oxygen atoms in total. The van der Waals surface area contributed by atoms with Crippen molar-refractivity contribution in [1.82, 2.24) is 4.98 Å². The van der Waals surface area contributed by atoms with Crippen molar-refractivity contribution in [2.24, 2.45) is 0 Å². The second kappa shape index (κ2) is 3.20. The lowest BCUT2D eigenvalue weighted by Gasteiger charge is -2.31. The molecule has 5 heteroatoms. The molecule has 1 aromatic heterocycles. The van der Waals surface area contributed by atoms with Crippen molar-refractivity contribution in [2.75, 3.05) is 5.32 Å².